The molecule has 3 aromatic carbocycles. The summed E-state index contributed by atoms with van der Waals surface area (Å²) < 4.78 is 17.3. The molecule has 4 aromatic rings. The highest BCUT2D eigenvalue weighted by atomic mass is 16.5. The van der Waals surface area contributed by atoms with Crippen LogP contribution in [0.15, 0.2) is 78.9 Å². The standard InChI is InChI=1S/C27H21NO6/c29-24-14-25(27(30)31)34-26-18(5-3-6-22(24)26)15-32-20-10-12-21(13-11-20)33-16-19-9-8-17-4-1-2-7-23(17)28-19/h1-13,25H,14-16H2,(H,30,31). The molecule has 7 heteroatoms. The van der Waals surface area contributed by atoms with Crippen LogP contribution in [0.2, 0.25) is 0 Å². The third-order valence-electron chi connectivity index (χ3n) is 5.56. The average Bonchev–Trinajstić information content (AvgIpc) is 2.86. The number of rotatable bonds is 7. The fourth-order valence-electron chi connectivity index (χ4n) is 3.80. The summed E-state index contributed by atoms with van der Waals surface area (Å²) in [6.07, 6.45) is -1.36. The molecule has 0 saturated heterocycles. The molecule has 0 amide bonds. The van der Waals surface area contributed by atoms with Gasteiger partial charge in [-0.25, -0.2) is 9.78 Å². The van der Waals surface area contributed by atoms with E-state index >= 15 is 0 Å². The molecule has 1 aliphatic rings. The lowest BCUT2D eigenvalue weighted by Gasteiger charge is -2.24. The summed E-state index contributed by atoms with van der Waals surface area (Å²) in [5.41, 5.74) is 2.75. The first-order valence-electron chi connectivity index (χ1n) is 10.8. The molecular weight excluding hydrogens is 434 g/mol. The predicted molar refractivity (Wildman–Crippen MR) is 124 cm³/mol. The van der Waals surface area contributed by atoms with Gasteiger partial charge in [-0.1, -0.05) is 36.4 Å². The number of carboxylic acids is 1. The Balaban J connectivity index is 1.22. The van der Waals surface area contributed by atoms with Gasteiger partial charge in [-0.2, -0.15) is 0 Å². The molecule has 0 bridgehead atoms. The fourth-order valence-corrected chi connectivity index (χ4v) is 3.80. The number of fused-ring (bicyclic) bond motifs is 2. The quantitative estimate of drug-likeness (QED) is 0.427. The zero-order valence-corrected chi connectivity index (χ0v) is 18.1. The first-order chi connectivity index (χ1) is 16.6. The molecule has 0 radical (unpaired) electrons. The third-order valence-corrected chi connectivity index (χ3v) is 5.56. The number of hydrogen-bond donors (Lipinski definition) is 1. The zero-order chi connectivity index (χ0) is 23.5. The van der Waals surface area contributed by atoms with Crippen molar-refractivity contribution in [1.82, 2.24) is 4.98 Å². The van der Waals surface area contributed by atoms with Gasteiger partial charge in [-0.15, -0.1) is 0 Å². The van der Waals surface area contributed by atoms with E-state index < -0.39 is 12.1 Å². The smallest absolute Gasteiger partial charge is 0.345 e. The highest BCUT2D eigenvalue weighted by Crippen LogP contribution is 2.32. The van der Waals surface area contributed by atoms with Crippen LogP contribution in [0.3, 0.4) is 0 Å². The van der Waals surface area contributed by atoms with Crippen LogP contribution in [0.1, 0.15) is 28.0 Å². The molecule has 1 atom stereocenters. The van der Waals surface area contributed by atoms with Crippen molar-refractivity contribution < 1.29 is 28.9 Å². The van der Waals surface area contributed by atoms with Crippen molar-refractivity contribution in [2.45, 2.75) is 25.7 Å². The summed E-state index contributed by atoms with van der Waals surface area (Å²) in [6.45, 7) is 0.474. The summed E-state index contributed by atoms with van der Waals surface area (Å²) in [7, 11) is 0. The van der Waals surface area contributed by atoms with E-state index in [0.29, 0.717) is 29.2 Å². The molecule has 0 fully saturated rings. The summed E-state index contributed by atoms with van der Waals surface area (Å²) >= 11 is 0. The number of aromatic nitrogens is 1. The highest BCUT2D eigenvalue weighted by Gasteiger charge is 2.32. The molecule has 2 heterocycles. The van der Waals surface area contributed by atoms with Crippen LogP contribution < -0.4 is 14.2 Å². The highest BCUT2D eigenvalue weighted by molar-refractivity contribution is 6.02. The summed E-state index contributed by atoms with van der Waals surface area (Å²) in [5, 5.41) is 10.3. The van der Waals surface area contributed by atoms with Gasteiger partial charge in [0.15, 0.2) is 5.78 Å². The van der Waals surface area contributed by atoms with Crippen molar-refractivity contribution >= 4 is 22.7 Å². The normalized spacial score (nSPS) is 14.8. The van der Waals surface area contributed by atoms with Gasteiger partial charge >= 0.3 is 5.97 Å². The second kappa shape index (κ2) is 9.23. The van der Waals surface area contributed by atoms with E-state index in [1.54, 1.807) is 42.5 Å². The van der Waals surface area contributed by atoms with Gasteiger partial charge in [-0.3, -0.25) is 4.79 Å². The van der Waals surface area contributed by atoms with Gasteiger partial charge in [0.25, 0.3) is 0 Å². The van der Waals surface area contributed by atoms with E-state index in [0.717, 1.165) is 16.6 Å². The molecule has 0 aliphatic carbocycles. The molecule has 5 rings (SSSR count). The monoisotopic (exact) mass is 455 g/mol. The lowest BCUT2D eigenvalue weighted by Crippen LogP contribution is -2.34. The van der Waals surface area contributed by atoms with Crippen LogP contribution in [0.5, 0.6) is 17.2 Å². The van der Waals surface area contributed by atoms with Crippen molar-refractivity contribution in [1.29, 1.82) is 0 Å². The number of carboxylic acid groups (broad SMARTS) is 1. The molecule has 1 aliphatic heterocycles. The molecule has 170 valence electrons. The van der Waals surface area contributed by atoms with Gasteiger partial charge in [-0.05, 0) is 42.5 Å². The lowest BCUT2D eigenvalue weighted by atomic mass is 9.98. The van der Waals surface area contributed by atoms with Crippen molar-refractivity contribution in [3.8, 4) is 17.2 Å². The van der Waals surface area contributed by atoms with E-state index in [2.05, 4.69) is 4.98 Å². The fraction of sp³-hybridized carbons (Fsp3) is 0.148. The van der Waals surface area contributed by atoms with Gasteiger partial charge in [0, 0.05) is 10.9 Å². The van der Waals surface area contributed by atoms with Crippen LogP contribution in [0, 0.1) is 0 Å². The molecule has 34 heavy (non-hydrogen) atoms. The predicted octanol–water partition coefficient (Wildman–Crippen LogP) is 4.81. The Bertz CT molecular complexity index is 1370. The van der Waals surface area contributed by atoms with Crippen LogP contribution >= 0.6 is 0 Å². The number of carbonyl (C=O) groups excluding carboxylic acids is 1. The number of aliphatic carboxylic acids is 1. The van der Waals surface area contributed by atoms with Crippen molar-refractivity contribution in [2.24, 2.45) is 0 Å². The number of ether oxygens (including phenoxy) is 3. The van der Waals surface area contributed by atoms with Gasteiger partial charge < -0.3 is 19.3 Å². The molecule has 0 spiro atoms. The maximum absolute atomic E-state index is 12.3. The van der Waals surface area contributed by atoms with E-state index in [1.807, 2.05) is 36.4 Å². The summed E-state index contributed by atoms with van der Waals surface area (Å²) in [5.74, 6) is 0.138. The van der Waals surface area contributed by atoms with Crippen molar-refractivity contribution in [3.05, 3.63) is 95.7 Å². The lowest BCUT2D eigenvalue weighted by molar-refractivity contribution is -0.145. The summed E-state index contributed by atoms with van der Waals surface area (Å²) in [4.78, 5) is 28.2. The van der Waals surface area contributed by atoms with E-state index in [1.165, 1.54) is 0 Å². The molecular formula is C27H21NO6. The molecule has 1 aromatic heterocycles. The Morgan fingerprint density at radius 3 is 2.41 bits per heavy atom. The van der Waals surface area contributed by atoms with Gasteiger partial charge in [0.2, 0.25) is 6.10 Å². The SMILES string of the molecule is O=C1CC(C(=O)O)Oc2c(COc3ccc(OCc4ccc5ccccc5n4)cc3)cccc21. The number of Topliss-reactive ketones (excluding diaryl/α,β-unsaturated/α-hetero) is 1. The number of pyridine rings is 1. The summed E-state index contributed by atoms with van der Waals surface area (Å²) in [6, 6.07) is 24.2. The number of para-hydroxylation sites is 2. The van der Waals surface area contributed by atoms with Crippen molar-refractivity contribution in [3.63, 3.8) is 0 Å². The van der Waals surface area contributed by atoms with Crippen molar-refractivity contribution in [2.75, 3.05) is 0 Å². The Hall–Kier alpha value is -4.39. The number of carbonyl (C=O) groups is 2. The largest absolute Gasteiger partial charge is 0.489 e. The first kappa shape index (κ1) is 21.5. The second-order valence-corrected chi connectivity index (χ2v) is 7.91. The molecule has 1 unspecified atom stereocenters. The number of hydrogen-bond acceptors (Lipinski definition) is 6. The minimum atomic E-state index is -1.19. The Kier molecular flexibility index (Phi) is 5.82. The Morgan fingerprint density at radius 2 is 1.65 bits per heavy atom. The topological polar surface area (TPSA) is 95.0 Å². The number of benzene rings is 3. The van der Waals surface area contributed by atoms with Gasteiger partial charge in [0.05, 0.1) is 23.2 Å². The molecule has 1 N–H and O–H groups in total. The van der Waals surface area contributed by atoms with E-state index in [-0.39, 0.29) is 24.6 Å². The van der Waals surface area contributed by atoms with E-state index in [9.17, 15) is 14.7 Å². The average molecular weight is 455 g/mol. The maximum atomic E-state index is 12.3. The van der Waals surface area contributed by atoms with Crippen LogP contribution in [-0.4, -0.2) is 27.9 Å². The zero-order valence-electron chi connectivity index (χ0n) is 18.1. The minimum Gasteiger partial charge on any atom is -0.489 e. The van der Waals surface area contributed by atoms with E-state index in [4.69, 9.17) is 14.2 Å². The Labute approximate surface area is 195 Å². The minimum absolute atomic E-state index is 0.129. The van der Waals surface area contributed by atoms with Gasteiger partial charge in [0.1, 0.15) is 30.5 Å². The molecule has 0 saturated carbocycles. The third kappa shape index (κ3) is 4.54. The maximum Gasteiger partial charge on any atom is 0.345 e. The Morgan fingerprint density at radius 1 is 0.912 bits per heavy atom. The first-order valence-corrected chi connectivity index (χ1v) is 10.8. The number of nitrogens with zero attached hydrogens (tertiary/aromatic N) is 1. The van der Waals surface area contributed by atoms with Crippen LogP contribution in [0.25, 0.3) is 10.9 Å². The van der Waals surface area contributed by atoms with Crippen LogP contribution in [0.4, 0.5) is 0 Å². The molecule has 7 nitrogen and oxygen atoms in total. The van der Waals surface area contributed by atoms with Crippen LogP contribution in [-0.2, 0) is 18.0 Å². The number of ketones is 1. The second-order valence-electron chi connectivity index (χ2n) is 7.91.